The molecule has 19 heavy (non-hydrogen) atoms. The van der Waals surface area contributed by atoms with E-state index < -0.39 is 0 Å². The topological polar surface area (TPSA) is 75.3 Å². The summed E-state index contributed by atoms with van der Waals surface area (Å²) in [7, 11) is 0. The summed E-state index contributed by atoms with van der Waals surface area (Å²) in [5.41, 5.74) is 6.73. The maximum atomic E-state index is 5.70. The van der Waals surface area contributed by atoms with Crippen molar-refractivity contribution in [3.63, 3.8) is 0 Å². The zero-order valence-corrected chi connectivity index (χ0v) is 12.0. The van der Waals surface area contributed by atoms with Crippen LogP contribution in [0.2, 0.25) is 0 Å². The van der Waals surface area contributed by atoms with Crippen molar-refractivity contribution in [2.45, 2.75) is 26.2 Å². The molecule has 1 aromatic rings. The van der Waals surface area contributed by atoms with Crippen molar-refractivity contribution in [2.75, 3.05) is 13.1 Å². The van der Waals surface area contributed by atoms with Gasteiger partial charge in [-0.15, -0.1) is 0 Å². The summed E-state index contributed by atoms with van der Waals surface area (Å²) in [5.74, 6) is 0.365. The van der Waals surface area contributed by atoms with E-state index in [2.05, 4.69) is 27.5 Å². The number of unbranched alkanes of at least 4 members (excludes halogenated alkanes) is 1. The first-order chi connectivity index (χ1) is 9.22. The summed E-state index contributed by atoms with van der Waals surface area (Å²) >= 11 is 5.12. The summed E-state index contributed by atoms with van der Waals surface area (Å²) in [6, 6.07) is 5.85. The third-order valence-corrected chi connectivity index (χ3v) is 2.67. The van der Waals surface area contributed by atoms with Gasteiger partial charge in [0, 0.05) is 31.4 Å². The number of hydrogen-bond acceptors (Lipinski definition) is 3. The van der Waals surface area contributed by atoms with Crippen molar-refractivity contribution in [2.24, 2.45) is 10.7 Å². The second-order valence-corrected chi connectivity index (χ2v) is 4.48. The monoisotopic (exact) mass is 279 g/mol. The highest BCUT2D eigenvalue weighted by atomic mass is 32.1. The number of nitrogens with zero attached hydrogens (tertiary/aromatic N) is 2. The van der Waals surface area contributed by atoms with Crippen LogP contribution in [0.4, 0.5) is 0 Å². The SMILES string of the molecule is CCCCN=C(N)NC(=S)NCCc1ccccn1. The Morgan fingerprint density at radius 2 is 2.32 bits per heavy atom. The van der Waals surface area contributed by atoms with Gasteiger partial charge in [-0.1, -0.05) is 19.4 Å². The first-order valence-corrected chi connectivity index (χ1v) is 6.88. The predicted octanol–water partition coefficient (Wildman–Crippen LogP) is 1.20. The molecule has 5 nitrogen and oxygen atoms in total. The van der Waals surface area contributed by atoms with Crippen molar-refractivity contribution in [1.29, 1.82) is 0 Å². The Hall–Kier alpha value is -1.69. The molecule has 0 saturated heterocycles. The first-order valence-electron chi connectivity index (χ1n) is 6.47. The Labute approximate surface area is 119 Å². The van der Waals surface area contributed by atoms with Crippen molar-refractivity contribution in [3.05, 3.63) is 30.1 Å². The molecular formula is C13H21N5S. The lowest BCUT2D eigenvalue weighted by Gasteiger charge is -2.09. The molecule has 0 atom stereocenters. The molecule has 1 rings (SSSR count). The van der Waals surface area contributed by atoms with E-state index in [0.29, 0.717) is 17.6 Å². The molecule has 0 aliphatic carbocycles. The summed E-state index contributed by atoms with van der Waals surface area (Å²) in [6.45, 7) is 3.56. The van der Waals surface area contributed by atoms with Crippen LogP contribution in [-0.2, 0) is 6.42 Å². The van der Waals surface area contributed by atoms with E-state index in [1.165, 1.54) is 0 Å². The average molecular weight is 279 g/mol. The van der Waals surface area contributed by atoms with Crippen molar-refractivity contribution < 1.29 is 0 Å². The minimum absolute atomic E-state index is 0.365. The Balaban J connectivity index is 2.19. The molecule has 0 radical (unpaired) electrons. The number of aliphatic imine (C=N–C) groups is 1. The lowest BCUT2D eigenvalue weighted by atomic mass is 10.3. The van der Waals surface area contributed by atoms with Gasteiger partial charge in [-0.05, 0) is 30.8 Å². The molecule has 0 spiro atoms. The van der Waals surface area contributed by atoms with E-state index in [0.717, 1.165) is 31.5 Å². The maximum Gasteiger partial charge on any atom is 0.194 e. The normalized spacial score (nSPS) is 11.1. The summed E-state index contributed by atoms with van der Waals surface area (Å²) < 4.78 is 0. The molecule has 0 aromatic carbocycles. The van der Waals surface area contributed by atoms with Crippen LogP contribution in [0, 0.1) is 0 Å². The third kappa shape index (κ3) is 7.35. The van der Waals surface area contributed by atoms with E-state index in [1.54, 1.807) is 6.20 Å². The molecule has 0 unspecified atom stereocenters. The molecule has 1 aromatic heterocycles. The van der Waals surface area contributed by atoms with Crippen LogP contribution in [0.25, 0.3) is 0 Å². The van der Waals surface area contributed by atoms with Gasteiger partial charge in [0.2, 0.25) is 0 Å². The minimum atomic E-state index is 0.365. The molecule has 0 amide bonds. The largest absolute Gasteiger partial charge is 0.370 e. The molecule has 0 fully saturated rings. The van der Waals surface area contributed by atoms with Gasteiger partial charge in [0.25, 0.3) is 0 Å². The Morgan fingerprint density at radius 1 is 1.47 bits per heavy atom. The van der Waals surface area contributed by atoms with Crippen LogP contribution >= 0.6 is 12.2 Å². The van der Waals surface area contributed by atoms with Gasteiger partial charge in [-0.2, -0.15) is 0 Å². The van der Waals surface area contributed by atoms with Gasteiger partial charge in [-0.25, -0.2) is 0 Å². The van der Waals surface area contributed by atoms with Crippen LogP contribution in [-0.4, -0.2) is 29.1 Å². The molecule has 104 valence electrons. The Morgan fingerprint density at radius 3 is 3.00 bits per heavy atom. The quantitative estimate of drug-likeness (QED) is 0.316. The fourth-order valence-electron chi connectivity index (χ4n) is 1.41. The maximum absolute atomic E-state index is 5.70. The second-order valence-electron chi connectivity index (χ2n) is 4.07. The number of pyridine rings is 1. The van der Waals surface area contributed by atoms with E-state index in [4.69, 9.17) is 18.0 Å². The van der Waals surface area contributed by atoms with Crippen molar-refractivity contribution >= 4 is 23.3 Å². The highest BCUT2D eigenvalue weighted by Crippen LogP contribution is 1.92. The molecular weight excluding hydrogens is 258 g/mol. The number of hydrogen-bond donors (Lipinski definition) is 3. The van der Waals surface area contributed by atoms with Crippen LogP contribution in [0.15, 0.2) is 29.4 Å². The van der Waals surface area contributed by atoms with Crippen LogP contribution in [0.1, 0.15) is 25.5 Å². The average Bonchev–Trinajstić information content (AvgIpc) is 2.40. The van der Waals surface area contributed by atoms with Crippen molar-refractivity contribution in [1.82, 2.24) is 15.6 Å². The number of aromatic nitrogens is 1. The number of thiocarbonyl (C=S) groups is 1. The molecule has 0 saturated carbocycles. The smallest absolute Gasteiger partial charge is 0.194 e. The van der Waals surface area contributed by atoms with Gasteiger partial charge in [0.1, 0.15) is 0 Å². The molecule has 1 heterocycles. The Bertz CT molecular complexity index is 405. The van der Waals surface area contributed by atoms with E-state index in [9.17, 15) is 0 Å². The summed E-state index contributed by atoms with van der Waals surface area (Å²) in [5, 5.41) is 6.42. The van der Waals surface area contributed by atoms with E-state index in [1.807, 2.05) is 18.2 Å². The number of nitrogens with two attached hydrogens (primary N) is 1. The number of guanidine groups is 1. The fourth-order valence-corrected chi connectivity index (χ4v) is 1.61. The minimum Gasteiger partial charge on any atom is -0.370 e. The zero-order chi connectivity index (χ0) is 13.9. The van der Waals surface area contributed by atoms with Gasteiger partial charge in [0.05, 0.1) is 0 Å². The van der Waals surface area contributed by atoms with Crippen LogP contribution in [0.3, 0.4) is 0 Å². The highest BCUT2D eigenvalue weighted by Gasteiger charge is 1.98. The molecule has 0 aliphatic rings. The first kappa shape index (κ1) is 15.4. The number of nitrogens with one attached hydrogen (secondary N) is 2. The molecule has 0 aliphatic heterocycles. The molecule has 4 N–H and O–H groups in total. The van der Waals surface area contributed by atoms with E-state index >= 15 is 0 Å². The van der Waals surface area contributed by atoms with Gasteiger partial charge >= 0.3 is 0 Å². The summed E-state index contributed by atoms with van der Waals surface area (Å²) in [4.78, 5) is 8.40. The van der Waals surface area contributed by atoms with Gasteiger partial charge < -0.3 is 16.4 Å². The lowest BCUT2D eigenvalue weighted by Crippen LogP contribution is -2.43. The Kier molecular flexibility index (Phi) is 7.50. The van der Waals surface area contributed by atoms with Gasteiger partial charge in [-0.3, -0.25) is 9.98 Å². The fraction of sp³-hybridized carbons (Fsp3) is 0.462. The van der Waals surface area contributed by atoms with Crippen LogP contribution in [0.5, 0.6) is 0 Å². The van der Waals surface area contributed by atoms with Crippen LogP contribution < -0.4 is 16.4 Å². The summed E-state index contributed by atoms with van der Waals surface area (Å²) in [6.07, 6.45) is 4.73. The molecule has 0 bridgehead atoms. The van der Waals surface area contributed by atoms with Crippen molar-refractivity contribution in [3.8, 4) is 0 Å². The highest BCUT2D eigenvalue weighted by molar-refractivity contribution is 7.80. The second kappa shape index (κ2) is 9.27. The van der Waals surface area contributed by atoms with E-state index in [-0.39, 0.29) is 0 Å². The number of rotatable bonds is 6. The zero-order valence-electron chi connectivity index (χ0n) is 11.2. The lowest BCUT2D eigenvalue weighted by molar-refractivity contribution is 0.802. The molecule has 6 heteroatoms. The third-order valence-electron chi connectivity index (χ3n) is 2.43. The predicted molar refractivity (Wildman–Crippen MR) is 83.1 cm³/mol. The van der Waals surface area contributed by atoms with Gasteiger partial charge in [0.15, 0.2) is 11.1 Å². The standard InChI is InChI=1S/C13H21N5S/c1-2-3-8-16-12(14)18-13(19)17-10-7-11-6-4-5-9-15-11/h4-6,9H,2-3,7-8,10H2,1H3,(H4,14,16,17,18,19).